The van der Waals surface area contributed by atoms with Crippen LogP contribution in [0.5, 0.6) is 11.5 Å². The van der Waals surface area contributed by atoms with Gasteiger partial charge in [0, 0.05) is 25.5 Å². The van der Waals surface area contributed by atoms with Crippen LogP contribution in [0.2, 0.25) is 0 Å². The summed E-state index contributed by atoms with van der Waals surface area (Å²) < 4.78 is 15.8. The number of hydrogen-bond acceptors (Lipinski definition) is 6. The summed E-state index contributed by atoms with van der Waals surface area (Å²) in [5.41, 5.74) is 1.43. The summed E-state index contributed by atoms with van der Waals surface area (Å²) in [6.07, 6.45) is 9.77. The fourth-order valence-corrected chi connectivity index (χ4v) is 4.89. The number of rotatable bonds is 6. The van der Waals surface area contributed by atoms with Gasteiger partial charge in [-0.15, -0.1) is 0 Å². The number of fused-ring (bicyclic) bond motifs is 3. The molecule has 2 aliphatic carbocycles. The zero-order chi connectivity index (χ0) is 21.4. The molecule has 2 bridgehead atoms. The van der Waals surface area contributed by atoms with Gasteiger partial charge in [0.1, 0.15) is 0 Å². The molecule has 3 atom stereocenters. The second-order valence-corrected chi connectivity index (χ2v) is 8.33. The Morgan fingerprint density at radius 1 is 1.13 bits per heavy atom. The molecule has 0 unspecified atom stereocenters. The Morgan fingerprint density at radius 3 is 2.77 bits per heavy atom. The molecule has 7 heteroatoms. The maximum absolute atomic E-state index is 13.6. The monoisotopic (exact) mass is 420 g/mol. The predicted octanol–water partition coefficient (Wildman–Crippen LogP) is 3.45. The molecule has 2 aromatic rings. The Labute approximate surface area is 180 Å². The van der Waals surface area contributed by atoms with Crippen molar-refractivity contribution >= 4 is 11.9 Å². The number of esters is 1. The fourth-order valence-electron chi connectivity index (χ4n) is 4.89. The lowest BCUT2D eigenvalue weighted by Crippen LogP contribution is -2.37. The summed E-state index contributed by atoms with van der Waals surface area (Å²) >= 11 is 0. The molecule has 2 heterocycles. The predicted molar refractivity (Wildman–Crippen MR) is 112 cm³/mol. The van der Waals surface area contributed by atoms with Crippen LogP contribution in [-0.4, -0.2) is 42.2 Å². The van der Waals surface area contributed by atoms with Crippen molar-refractivity contribution in [1.82, 2.24) is 9.88 Å². The van der Waals surface area contributed by atoms with Crippen LogP contribution in [0.3, 0.4) is 0 Å². The molecule has 7 nitrogen and oxygen atoms in total. The molecule has 1 aromatic carbocycles. The first-order chi connectivity index (χ1) is 15.1. The number of allylic oxidation sites excluding steroid dienone is 2. The van der Waals surface area contributed by atoms with E-state index in [4.69, 9.17) is 14.2 Å². The largest absolute Gasteiger partial charge is 0.465 e. The number of methoxy groups -OCH3 is 1. The second kappa shape index (κ2) is 8.06. The van der Waals surface area contributed by atoms with Gasteiger partial charge in [0.2, 0.25) is 6.79 Å². The Balaban J connectivity index is 1.44. The minimum Gasteiger partial charge on any atom is -0.465 e. The van der Waals surface area contributed by atoms with Crippen molar-refractivity contribution in [2.24, 2.45) is 17.8 Å². The number of carbonyl (C=O) groups excluding carboxylic acids is 2. The third-order valence-corrected chi connectivity index (χ3v) is 6.43. The first kappa shape index (κ1) is 19.6. The standard InChI is InChI=1S/C24H24N2O5/c1-29-24(28)19-6-7-25-11-20(19)23(27)26(13-18-9-15-2-4-17(18)8-15)12-16-3-5-21-22(10-16)31-14-30-21/h2-7,10-11,15,17-18H,8-9,12-14H2,1H3/t15-,17+,18-/m1/s1. The van der Waals surface area contributed by atoms with E-state index < -0.39 is 5.97 Å². The highest BCUT2D eigenvalue weighted by molar-refractivity contribution is 6.05. The van der Waals surface area contributed by atoms with Gasteiger partial charge in [0.15, 0.2) is 11.5 Å². The van der Waals surface area contributed by atoms with Gasteiger partial charge < -0.3 is 19.1 Å². The van der Waals surface area contributed by atoms with Crippen molar-refractivity contribution in [2.75, 3.05) is 20.4 Å². The van der Waals surface area contributed by atoms with Crippen molar-refractivity contribution in [3.05, 3.63) is 65.5 Å². The summed E-state index contributed by atoms with van der Waals surface area (Å²) in [7, 11) is 1.31. The number of amides is 1. The van der Waals surface area contributed by atoms with Gasteiger partial charge in [-0.1, -0.05) is 18.2 Å². The Kier molecular flexibility index (Phi) is 5.10. The highest BCUT2D eigenvalue weighted by atomic mass is 16.7. The van der Waals surface area contributed by atoms with E-state index in [0.717, 1.165) is 18.4 Å². The molecule has 0 saturated heterocycles. The van der Waals surface area contributed by atoms with E-state index in [0.29, 0.717) is 42.3 Å². The smallest absolute Gasteiger partial charge is 0.338 e. The number of benzene rings is 1. The van der Waals surface area contributed by atoms with E-state index in [2.05, 4.69) is 17.1 Å². The molecular weight excluding hydrogens is 396 g/mol. The van der Waals surface area contributed by atoms with Crippen molar-refractivity contribution < 1.29 is 23.8 Å². The molecule has 3 aliphatic rings. The SMILES string of the molecule is COC(=O)c1ccncc1C(=O)N(Cc1ccc2c(c1)OCO2)C[C@H]1C[C@@H]2C=C[C@H]1C2. The molecule has 31 heavy (non-hydrogen) atoms. The first-order valence-electron chi connectivity index (χ1n) is 10.5. The summed E-state index contributed by atoms with van der Waals surface area (Å²) in [6, 6.07) is 7.25. The van der Waals surface area contributed by atoms with Crippen molar-refractivity contribution in [3.63, 3.8) is 0 Å². The van der Waals surface area contributed by atoms with Gasteiger partial charge in [-0.05, 0) is 54.4 Å². The summed E-state index contributed by atoms with van der Waals surface area (Å²) in [5, 5.41) is 0. The van der Waals surface area contributed by atoms with Gasteiger partial charge >= 0.3 is 5.97 Å². The molecule has 0 radical (unpaired) electrons. The quantitative estimate of drug-likeness (QED) is 0.526. The molecule has 1 aliphatic heterocycles. The van der Waals surface area contributed by atoms with Crippen molar-refractivity contribution in [3.8, 4) is 11.5 Å². The van der Waals surface area contributed by atoms with Crippen molar-refractivity contribution in [1.29, 1.82) is 0 Å². The van der Waals surface area contributed by atoms with Crippen LogP contribution in [0, 0.1) is 17.8 Å². The lowest BCUT2D eigenvalue weighted by molar-refractivity contribution is 0.0585. The van der Waals surface area contributed by atoms with Gasteiger partial charge in [0.05, 0.1) is 18.2 Å². The zero-order valence-corrected chi connectivity index (χ0v) is 17.3. The van der Waals surface area contributed by atoms with Crippen LogP contribution < -0.4 is 9.47 Å². The van der Waals surface area contributed by atoms with Crippen LogP contribution in [0.4, 0.5) is 0 Å². The molecule has 5 rings (SSSR count). The molecule has 160 valence electrons. The minimum absolute atomic E-state index is 0.205. The Hall–Kier alpha value is -3.35. The maximum atomic E-state index is 13.6. The van der Waals surface area contributed by atoms with E-state index in [1.165, 1.54) is 25.6 Å². The van der Waals surface area contributed by atoms with E-state index in [1.807, 2.05) is 23.1 Å². The molecule has 0 spiro atoms. The van der Waals surface area contributed by atoms with E-state index in [1.54, 1.807) is 0 Å². The number of carbonyl (C=O) groups is 2. The van der Waals surface area contributed by atoms with Gasteiger partial charge in [-0.2, -0.15) is 0 Å². The number of pyridine rings is 1. The molecule has 1 fully saturated rings. The Morgan fingerprint density at radius 2 is 2.00 bits per heavy atom. The summed E-state index contributed by atoms with van der Waals surface area (Å²) in [4.78, 5) is 31.8. The highest BCUT2D eigenvalue weighted by Gasteiger charge is 2.37. The summed E-state index contributed by atoms with van der Waals surface area (Å²) in [6.45, 7) is 1.23. The second-order valence-electron chi connectivity index (χ2n) is 8.33. The molecule has 0 N–H and O–H groups in total. The average Bonchev–Trinajstić information content (AvgIpc) is 3.54. The summed E-state index contributed by atoms with van der Waals surface area (Å²) in [5.74, 6) is 2.15. The van der Waals surface area contributed by atoms with Gasteiger partial charge in [-0.25, -0.2) is 4.79 Å². The van der Waals surface area contributed by atoms with Crippen molar-refractivity contribution in [2.45, 2.75) is 19.4 Å². The molecular formula is C24H24N2O5. The topological polar surface area (TPSA) is 78.0 Å². The average molecular weight is 420 g/mol. The van der Waals surface area contributed by atoms with Gasteiger partial charge in [-0.3, -0.25) is 9.78 Å². The molecule has 1 amide bonds. The lowest BCUT2D eigenvalue weighted by Gasteiger charge is -2.29. The first-order valence-corrected chi connectivity index (χ1v) is 10.5. The van der Waals surface area contributed by atoms with E-state index in [-0.39, 0.29) is 23.8 Å². The maximum Gasteiger partial charge on any atom is 0.338 e. The van der Waals surface area contributed by atoms with E-state index >= 15 is 0 Å². The van der Waals surface area contributed by atoms with Crippen LogP contribution in [-0.2, 0) is 11.3 Å². The van der Waals surface area contributed by atoms with Gasteiger partial charge in [0.25, 0.3) is 5.91 Å². The van der Waals surface area contributed by atoms with Crippen LogP contribution in [0.25, 0.3) is 0 Å². The van der Waals surface area contributed by atoms with Crippen LogP contribution in [0.15, 0.2) is 48.8 Å². The number of ether oxygens (including phenoxy) is 3. The zero-order valence-electron chi connectivity index (χ0n) is 17.3. The number of hydrogen-bond donors (Lipinski definition) is 0. The highest BCUT2D eigenvalue weighted by Crippen LogP contribution is 2.44. The number of aromatic nitrogens is 1. The Bertz CT molecular complexity index is 1050. The number of nitrogens with zero attached hydrogens (tertiary/aromatic N) is 2. The molecule has 1 aromatic heterocycles. The lowest BCUT2D eigenvalue weighted by atomic mass is 9.92. The normalized spacial score (nSPS) is 22.5. The van der Waals surface area contributed by atoms with Crippen LogP contribution in [0.1, 0.15) is 39.1 Å². The van der Waals surface area contributed by atoms with Crippen LogP contribution >= 0.6 is 0 Å². The third-order valence-electron chi connectivity index (χ3n) is 6.43. The fraction of sp³-hybridized carbons (Fsp3) is 0.375. The molecule has 1 saturated carbocycles. The third kappa shape index (κ3) is 3.76. The minimum atomic E-state index is -0.545. The van der Waals surface area contributed by atoms with E-state index in [9.17, 15) is 9.59 Å².